The lowest BCUT2D eigenvalue weighted by molar-refractivity contribution is -0.387. The van der Waals surface area contributed by atoms with E-state index < -0.39 is 214 Å². The maximum Gasteiger partial charge on any atom is 0.366 e. The number of hydrogen-bond acceptors (Lipinski definition) is 31. The molecule has 1 aromatic carbocycles. The highest BCUT2D eigenvalue weighted by molar-refractivity contribution is 5.89. The number of allylic oxidation sites excluding steroid dienone is 1. The minimum absolute atomic E-state index is 0.213. The first-order chi connectivity index (χ1) is 46.9. The molecule has 3 heterocycles. The van der Waals surface area contributed by atoms with Gasteiger partial charge in [0, 0.05) is 69.2 Å². The zero-order valence-electron chi connectivity index (χ0n) is 58.2. The minimum Gasteiger partial charge on any atom is -0.465 e. The molecule has 0 spiro atoms. The monoisotopic (exact) mass is 1410 g/mol. The summed E-state index contributed by atoms with van der Waals surface area (Å²) in [4.78, 5) is 158. The van der Waals surface area contributed by atoms with Crippen molar-refractivity contribution >= 4 is 71.6 Å². The molecule has 0 radical (unpaired) electrons. The molecule has 0 aliphatic carbocycles. The number of nitrogens with two attached hydrogens (primary N) is 1. The number of ether oxygens (including phenoxy) is 17. The minimum atomic E-state index is -3.16. The molecule has 3 aliphatic heterocycles. The van der Waals surface area contributed by atoms with Gasteiger partial charge in [0.1, 0.15) is 68.7 Å². The normalized spacial score (nSPS) is 26.3. The first-order valence-electron chi connectivity index (χ1n) is 33.0. The average Bonchev–Trinajstić information content (AvgIpc) is 0.747. The fraction of sp³-hybridized carbons (Fsp3) is 0.701. The van der Waals surface area contributed by atoms with Gasteiger partial charge in [-0.3, -0.25) is 47.9 Å². The molecule has 32 nitrogen and oxygen atoms in total. The summed E-state index contributed by atoms with van der Waals surface area (Å²) in [6.45, 7) is 8.71. The highest BCUT2D eigenvalue weighted by atomic mass is 16.8. The number of methoxy groups -OCH3 is 1. The van der Waals surface area contributed by atoms with Crippen LogP contribution in [0.15, 0.2) is 42.5 Å². The number of aliphatic hydroxyl groups excluding tert-OH is 1. The highest BCUT2D eigenvalue weighted by Gasteiger charge is 2.64. The number of esters is 11. The lowest BCUT2D eigenvalue weighted by Crippen LogP contribution is -2.72. The molecule has 99 heavy (non-hydrogen) atoms. The van der Waals surface area contributed by atoms with Crippen molar-refractivity contribution in [2.24, 2.45) is 5.73 Å². The van der Waals surface area contributed by atoms with Crippen LogP contribution >= 0.6 is 0 Å². The van der Waals surface area contributed by atoms with Crippen molar-refractivity contribution in [3.8, 4) is 0 Å². The maximum atomic E-state index is 14.8. The largest absolute Gasteiger partial charge is 0.465 e. The second kappa shape index (κ2) is 42.4. The molecular weight excluding hydrogens is 1310 g/mol. The number of aliphatic hydroxyl groups is 1. The van der Waals surface area contributed by atoms with Crippen molar-refractivity contribution in [3.63, 3.8) is 0 Å². The first kappa shape index (κ1) is 83.7. The van der Waals surface area contributed by atoms with Crippen LogP contribution in [0.25, 0.3) is 0 Å². The van der Waals surface area contributed by atoms with E-state index in [1.807, 2.05) is 6.08 Å². The maximum absolute atomic E-state index is 14.8. The van der Waals surface area contributed by atoms with E-state index in [0.29, 0.717) is 6.42 Å². The van der Waals surface area contributed by atoms with E-state index in [2.05, 4.69) is 12.2 Å². The summed E-state index contributed by atoms with van der Waals surface area (Å²) in [5.41, 5.74) is 7.01. The second-order valence-electron chi connectivity index (χ2n) is 24.0. The van der Waals surface area contributed by atoms with Crippen LogP contribution in [-0.2, 0) is 133 Å². The standard InChI is InChI=1S/C67H98N2O30/c1-13-14-15-16-17-18-19-20-21-22-23-24-28-31-49(94-63(81)47-29-26-25-27-30-47)48(68)33-87-64-62(93-46(11)79)60(91-44(9)77)57(53(96-64)36-86-40(5)73)97-65-61(92-45(10)78)59(55(80)51(95-65)34-84-38(3)71)99-67(66(82)83-12)32-50(88-41(6)74)54(69-37(2)70)58(98-67)56(90-43(8)76)52(89-42(7)75)35-85-39(4)72/h25-31,48-62,64-65,80H,13-24,32-36,68H2,1-12H3,(H,69,70)/b31-28+/t48-,49+,50-,51+,52+,53+,54+,55-,56+,57+,58+,59-,60-,61+,62+,64+,65-,67-/m0/s1. The summed E-state index contributed by atoms with van der Waals surface area (Å²) in [5, 5.41) is 15.0. The molecule has 0 bridgehead atoms. The number of carbonyl (C=O) groups excluding carboxylic acids is 12. The third-order valence-corrected chi connectivity index (χ3v) is 15.6. The lowest BCUT2D eigenvalue weighted by atomic mass is 9.87. The first-order valence-corrected chi connectivity index (χ1v) is 33.0. The van der Waals surface area contributed by atoms with E-state index in [9.17, 15) is 62.6 Å². The Morgan fingerprint density at radius 3 is 1.65 bits per heavy atom. The van der Waals surface area contributed by atoms with E-state index >= 15 is 0 Å². The van der Waals surface area contributed by atoms with Gasteiger partial charge >= 0.3 is 65.7 Å². The highest BCUT2D eigenvalue weighted by Crippen LogP contribution is 2.42. The molecule has 3 fully saturated rings. The zero-order chi connectivity index (χ0) is 73.5. The summed E-state index contributed by atoms with van der Waals surface area (Å²) in [5.74, 6) is -15.6. The van der Waals surface area contributed by atoms with E-state index in [1.165, 1.54) is 38.5 Å². The van der Waals surface area contributed by atoms with Crippen molar-refractivity contribution in [2.45, 2.75) is 269 Å². The third kappa shape index (κ3) is 28.1. The van der Waals surface area contributed by atoms with Gasteiger partial charge in [0.2, 0.25) is 5.91 Å². The van der Waals surface area contributed by atoms with Crippen LogP contribution in [0, 0.1) is 0 Å². The number of carbonyl (C=O) groups is 12. The topological polar surface area (TPSA) is 420 Å². The number of hydrogen-bond donors (Lipinski definition) is 3. The van der Waals surface area contributed by atoms with E-state index in [4.69, 9.17) is 86.3 Å². The second-order valence-corrected chi connectivity index (χ2v) is 24.0. The summed E-state index contributed by atoms with van der Waals surface area (Å²) in [7, 11) is 0.834. The van der Waals surface area contributed by atoms with Crippen molar-refractivity contribution < 1.29 is 143 Å². The van der Waals surface area contributed by atoms with Crippen molar-refractivity contribution in [2.75, 3.05) is 33.5 Å². The summed E-state index contributed by atoms with van der Waals surface area (Å²) in [6, 6.07) is 5.19. The smallest absolute Gasteiger partial charge is 0.366 e. The van der Waals surface area contributed by atoms with Gasteiger partial charge < -0.3 is 96.7 Å². The molecule has 4 N–H and O–H groups in total. The summed E-state index contributed by atoms with van der Waals surface area (Å²) >= 11 is 0. The number of amides is 1. The van der Waals surface area contributed by atoms with Gasteiger partial charge in [0.05, 0.1) is 37.8 Å². The van der Waals surface area contributed by atoms with Crippen molar-refractivity contribution in [3.05, 3.63) is 48.0 Å². The van der Waals surface area contributed by atoms with Gasteiger partial charge in [-0.1, -0.05) is 95.4 Å². The molecule has 3 saturated heterocycles. The summed E-state index contributed by atoms with van der Waals surface area (Å²) < 4.78 is 100.0. The van der Waals surface area contributed by atoms with Gasteiger partial charge in [-0.25, -0.2) is 9.59 Å². The average molecular weight is 1410 g/mol. The Hall–Kier alpha value is -7.72. The van der Waals surface area contributed by atoms with Crippen LogP contribution in [0.3, 0.4) is 0 Å². The Balaban J connectivity index is 1.87. The number of nitrogens with one attached hydrogen (secondary N) is 1. The van der Waals surface area contributed by atoms with Crippen LogP contribution < -0.4 is 11.1 Å². The molecule has 0 aromatic heterocycles. The SMILES string of the molecule is CCCCCCCCCCCCC/C=C/[C@@H](OC(=O)c1ccccc1)[C@@H](N)CO[C@@H]1O[C@H](COC(C)=O)[C@@H](O[C@@H]2O[C@H](COC(C)=O)[C@H](O)[C@H](O[C@]3(C(=O)OC)C[C@H](OC(C)=O)[C@@H](NC(C)=O)[C@H]([C@H](OC(C)=O)[C@@H](COC(C)=O)OC(C)=O)O3)[C@H]2OC(C)=O)[C@H](OC(C)=O)[C@H]1OC(C)=O. The Morgan fingerprint density at radius 1 is 0.596 bits per heavy atom. The molecular formula is C67H98N2O30. The number of unbranched alkanes of at least 4 members (excludes halogenated alkanes) is 11. The quantitative estimate of drug-likeness (QED) is 0.0365. The van der Waals surface area contributed by atoms with Crippen LogP contribution in [-0.4, -0.2) is 220 Å². The Morgan fingerprint density at radius 2 is 1.12 bits per heavy atom. The molecule has 0 unspecified atom stereocenters. The van der Waals surface area contributed by atoms with Crippen LogP contribution in [0.1, 0.15) is 170 Å². The molecule has 0 saturated carbocycles. The molecule has 1 amide bonds. The van der Waals surface area contributed by atoms with Crippen molar-refractivity contribution in [1.82, 2.24) is 5.32 Å². The van der Waals surface area contributed by atoms with Crippen LogP contribution in [0.2, 0.25) is 0 Å². The number of benzene rings is 1. The lowest BCUT2D eigenvalue weighted by Gasteiger charge is -2.52. The molecule has 4 rings (SSSR count). The van der Waals surface area contributed by atoms with E-state index in [-0.39, 0.29) is 5.56 Å². The molecule has 32 heteroatoms. The third-order valence-electron chi connectivity index (χ3n) is 15.6. The fourth-order valence-electron chi connectivity index (χ4n) is 11.3. The Bertz CT molecular complexity index is 2860. The van der Waals surface area contributed by atoms with E-state index in [0.717, 1.165) is 108 Å². The Kier molecular flexibility index (Phi) is 35.8. The predicted molar refractivity (Wildman–Crippen MR) is 338 cm³/mol. The predicted octanol–water partition coefficient (Wildman–Crippen LogP) is 3.84. The molecule has 556 valence electrons. The van der Waals surface area contributed by atoms with Crippen LogP contribution in [0.5, 0.6) is 0 Å². The van der Waals surface area contributed by atoms with Crippen molar-refractivity contribution in [1.29, 1.82) is 0 Å². The fourth-order valence-corrected chi connectivity index (χ4v) is 11.3. The van der Waals surface area contributed by atoms with Gasteiger partial charge in [-0.2, -0.15) is 0 Å². The summed E-state index contributed by atoms with van der Waals surface area (Å²) in [6.07, 6.45) is -13.8. The molecule has 3 aliphatic rings. The van der Waals surface area contributed by atoms with Gasteiger partial charge in [-0.15, -0.1) is 0 Å². The van der Waals surface area contributed by atoms with Gasteiger partial charge in [-0.05, 0) is 31.1 Å². The van der Waals surface area contributed by atoms with Gasteiger partial charge in [0.25, 0.3) is 5.79 Å². The zero-order valence-corrected chi connectivity index (χ0v) is 58.2. The molecule has 1 aromatic rings. The number of rotatable bonds is 39. The van der Waals surface area contributed by atoms with E-state index in [1.54, 1.807) is 36.4 Å². The Labute approximate surface area is 575 Å². The molecule has 18 atom stereocenters. The van der Waals surface area contributed by atoms with Gasteiger partial charge in [0.15, 0.2) is 43.1 Å². The van der Waals surface area contributed by atoms with Crippen LogP contribution in [0.4, 0.5) is 0 Å².